The number of amides is 2. The van der Waals surface area contributed by atoms with Crippen LogP contribution in [0.4, 0.5) is 11.4 Å². The second-order valence-corrected chi connectivity index (χ2v) is 10.3. The standard InChI is InChI=1S/C23H25N3O7S/c1-2-18-23(28)25-17-12-16(4-6-19(17)33-18)34(29,30)26-9-7-14(8-10-26)22(27)24-15-3-5-20-21(11-15)32-13-31-20/h3-6,11-12,14,18H,2,7-10,13H2,1H3,(H,24,27)(H,25,28). The Morgan fingerprint density at radius 3 is 2.59 bits per heavy atom. The van der Waals surface area contributed by atoms with E-state index in [2.05, 4.69) is 10.6 Å². The molecule has 1 saturated heterocycles. The van der Waals surface area contributed by atoms with Gasteiger partial charge in [-0.1, -0.05) is 6.92 Å². The Morgan fingerprint density at radius 2 is 1.82 bits per heavy atom. The van der Waals surface area contributed by atoms with Crippen molar-refractivity contribution in [3.63, 3.8) is 0 Å². The van der Waals surface area contributed by atoms with Gasteiger partial charge >= 0.3 is 0 Å². The number of nitrogens with zero attached hydrogens (tertiary/aromatic N) is 1. The predicted octanol–water partition coefficient (Wildman–Crippen LogP) is 2.56. The first-order valence-corrected chi connectivity index (χ1v) is 12.6. The molecule has 3 heterocycles. The van der Waals surface area contributed by atoms with E-state index in [0.717, 1.165) is 0 Å². The number of rotatable bonds is 5. The molecule has 10 nitrogen and oxygen atoms in total. The van der Waals surface area contributed by atoms with Crippen LogP contribution in [0.25, 0.3) is 0 Å². The van der Waals surface area contributed by atoms with Crippen LogP contribution in [0.2, 0.25) is 0 Å². The monoisotopic (exact) mass is 487 g/mol. The van der Waals surface area contributed by atoms with Gasteiger partial charge in [0.25, 0.3) is 5.91 Å². The van der Waals surface area contributed by atoms with Crippen LogP contribution in [0.5, 0.6) is 17.2 Å². The van der Waals surface area contributed by atoms with Gasteiger partial charge in [-0.2, -0.15) is 4.31 Å². The van der Waals surface area contributed by atoms with Crippen molar-refractivity contribution >= 4 is 33.2 Å². The van der Waals surface area contributed by atoms with E-state index in [1.165, 1.54) is 16.4 Å². The average molecular weight is 488 g/mol. The van der Waals surface area contributed by atoms with Crippen molar-refractivity contribution in [1.82, 2.24) is 4.31 Å². The number of hydrogen-bond donors (Lipinski definition) is 2. The zero-order valence-electron chi connectivity index (χ0n) is 18.6. The number of carbonyl (C=O) groups is 2. The second-order valence-electron chi connectivity index (χ2n) is 8.40. The van der Waals surface area contributed by atoms with Gasteiger partial charge < -0.3 is 24.8 Å². The first-order valence-electron chi connectivity index (χ1n) is 11.2. The highest BCUT2D eigenvalue weighted by molar-refractivity contribution is 7.89. The van der Waals surface area contributed by atoms with Crippen molar-refractivity contribution in [3.05, 3.63) is 36.4 Å². The van der Waals surface area contributed by atoms with E-state index in [1.807, 2.05) is 6.92 Å². The fraction of sp³-hybridized carbons (Fsp3) is 0.391. The lowest BCUT2D eigenvalue weighted by Crippen LogP contribution is -2.41. The number of hydrogen-bond acceptors (Lipinski definition) is 7. The topological polar surface area (TPSA) is 123 Å². The van der Waals surface area contributed by atoms with E-state index >= 15 is 0 Å². The number of fused-ring (bicyclic) bond motifs is 2. The number of ether oxygens (including phenoxy) is 3. The molecule has 0 radical (unpaired) electrons. The van der Waals surface area contributed by atoms with Gasteiger partial charge in [-0.05, 0) is 49.6 Å². The maximum Gasteiger partial charge on any atom is 0.265 e. The average Bonchev–Trinajstić information content (AvgIpc) is 3.31. The van der Waals surface area contributed by atoms with Gasteiger partial charge in [0.15, 0.2) is 17.6 Å². The molecule has 2 aromatic rings. The zero-order valence-corrected chi connectivity index (χ0v) is 19.4. The summed E-state index contributed by atoms with van der Waals surface area (Å²) < 4.78 is 44.0. The molecular weight excluding hydrogens is 462 g/mol. The molecule has 0 spiro atoms. The van der Waals surface area contributed by atoms with Crippen LogP contribution in [0.15, 0.2) is 41.3 Å². The minimum atomic E-state index is -3.78. The quantitative estimate of drug-likeness (QED) is 0.664. The molecule has 0 bridgehead atoms. The summed E-state index contributed by atoms with van der Waals surface area (Å²) in [6.45, 7) is 2.44. The lowest BCUT2D eigenvalue weighted by molar-refractivity contribution is -0.123. The molecule has 2 N–H and O–H groups in total. The number of anilines is 2. The third-order valence-electron chi connectivity index (χ3n) is 6.24. The number of sulfonamides is 1. The van der Waals surface area contributed by atoms with Crippen LogP contribution in [0.3, 0.4) is 0 Å². The first-order chi connectivity index (χ1) is 16.3. The normalized spacial score (nSPS) is 20.3. The van der Waals surface area contributed by atoms with Gasteiger partial charge in [-0.25, -0.2) is 8.42 Å². The number of benzene rings is 2. The Kier molecular flexibility index (Phi) is 5.82. The largest absolute Gasteiger partial charge is 0.478 e. The molecular formula is C23H25N3O7S. The number of piperidine rings is 1. The SMILES string of the molecule is CCC1Oc2ccc(S(=O)(=O)N3CCC(C(=O)Nc4ccc5c(c4)OCO5)CC3)cc2NC1=O. The molecule has 3 aliphatic heterocycles. The van der Waals surface area contributed by atoms with E-state index in [9.17, 15) is 18.0 Å². The highest BCUT2D eigenvalue weighted by Crippen LogP contribution is 2.36. The minimum absolute atomic E-state index is 0.0772. The summed E-state index contributed by atoms with van der Waals surface area (Å²) in [5, 5.41) is 5.60. The van der Waals surface area contributed by atoms with E-state index in [-0.39, 0.29) is 42.5 Å². The van der Waals surface area contributed by atoms with Crippen LogP contribution < -0.4 is 24.8 Å². The van der Waals surface area contributed by atoms with Crippen LogP contribution in [0.1, 0.15) is 26.2 Å². The lowest BCUT2D eigenvalue weighted by Gasteiger charge is -2.31. The molecule has 1 fully saturated rings. The molecule has 0 aromatic heterocycles. The second kappa shape index (κ2) is 8.80. The minimum Gasteiger partial charge on any atom is -0.478 e. The van der Waals surface area contributed by atoms with Crippen LogP contribution in [-0.2, 0) is 19.6 Å². The van der Waals surface area contributed by atoms with Gasteiger partial charge in [-0.3, -0.25) is 9.59 Å². The highest BCUT2D eigenvalue weighted by atomic mass is 32.2. The molecule has 11 heteroatoms. The molecule has 2 amide bonds. The van der Waals surface area contributed by atoms with Gasteiger partial charge in [0, 0.05) is 30.8 Å². The summed E-state index contributed by atoms with van der Waals surface area (Å²) >= 11 is 0. The lowest BCUT2D eigenvalue weighted by atomic mass is 9.97. The maximum absolute atomic E-state index is 13.2. The van der Waals surface area contributed by atoms with Crippen molar-refractivity contribution in [2.45, 2.75) is 37.2 Å². The van der Waals surface area contributed by atoms with Gasteiger partial charge in [0.1, 0.15) is 5.75 Å². The summed E-state index contributed by atoms with van der Waals surface area (Å²) in [7, 11) is -3.78. The third kappa shape index (κ3) is 4.16. The molecule has 34 heavy (non-hydrogen) atoms. The van der Waals surface area contributed by atoms with Crippen LogP contribution in [0, 0.1) is 5.92 Å². The fourth-order valence-electron chi connectivity index (χ4n) is 4.28. The summed E-state index contributed by atoms with van der Waals surface area (Å²) in [4.78, 5) is 24.9. The Morgan fingerprint density at radius 1 is 1.09 bits per heavy atom. The predicted molar refractivity (Wildman–Crippen MR) is 122 cm³/mol. The molecule has 1 atom stereocenters. The Balaban J connectivity index is 1.22. The Hall–Kier alpha value is -3.31. The fourth-order valence-corrected chi connectivity index (χ4v) is 5.78. The zero-order chi connectivity index (χ0) is 23.9. The van der Waals surface area contributed by atoms with Crippen molar-refractivity contribution in [2.24, 2.45) is 5.92 Å². The summed E-state index contributed by atoms with van der Waals surface area (Å²) in [6.07, 6.45) is 0.734. The van der Waals surface area contributed by atoms with Gasteiger partial charge in [0.05, 0.1) is 10.6 Å². The number of nitrogens with one attached hydrogen (secondary N) is 2. The molecule has 0 aliphatic carbocycles. The Bertz CT molecular complexity index is 1240. The van der Waals surface area contributed by atoms with Gasteiger partial charge in [0.2, 0.25) is 22.7 Å². The molecule has 5 rings (SSSR count). The van der Waals surface area contributed by atoms with Crippen LogP contribution in [-0.4, -0.2) is 50.5 Å². The van der Waals surface area contributed by atoms with Crippen molar-refractivity contribution in [1.29, 1.82) is 0 Å². The summed E-state index contributed by atoms with van der Waals surface area (Å²) in [5.41, 5.74) is 0.946. The van der Waals surface area contributed by atoms with E-state index in [0.29, 0.717) is 47.9 Å². The molecule has 2 aromatic carbocycles. The summed E-state index contributed by atoms with van der Waals surface area (Å²) in [5.74, 6) is 0.905. The Labute approximate surface area is 197 Å². The van der Waals surface area contributed by atoms with Crippen molar-refractivity contribution in [2.75, 3.05) is 30.5 Å². The van der Waals surface area contributed by atoms with Crippen LogP contribution >= 0.6 is 0 Å². The highest BCUT2D eigenvalue weighted by Gasteiger charge is 2.34. The van der Waals surface area contributed by atoms with Crippen molar-refractivity contribution < 1.29 is 32.2 Å². The van der Waals surface area contributed by atoms with E-state index < -0.39 is 16.1 Å². The molecule has 1 unspecified atom stereocenters. The molecule has 3 aliphatic rings. The maximum atomic E-state index is 13.2. The molecule has 0 saturated carbocycles. The number of carbonyl (C=O) groups excluding carboxylic acids is 2. The first kappa shape index (κ1) is 22.5. The smallest absolute Gasteiger partial charge is 0.265 e. The summed E-state index contributed by atoms with van der Waals surface area (Å²) in [6, 6.07) is 9.66. The van der Waals surface area contributed by atoms with Gasteiger partial charge in [-0.15, -0.1) is 0 Å². The van der Waals surface area contributed by atoms with Crippen molar-refractivity contribution in [3.8, 4) is 17.2 Å². The third-order valence-corrected chi connectivity index (χ3v) is 8.14. The van der Waals surface area contributed by atoms with E-state index in [1.54, 1.807) is 24.3 Å². The molecule has 180 valence electrons. The van der Waals surface area contributed by atoms with E-state index in [4.69, 9.17) is 14.2 Å².